The molecule has 0 saturated carbocycles. The summed E-state index contributed by atoms with van der Waals surface area (Å²) < 4.78 is 5.35. The van der Waals surface area contributed by atoms with E-state index in [0.717, 1.165) is 18.2 Å². The molecule has 1 unspecified atom stereocenters. The number of hydrogen-bond acceptors (Lipinski definition) is 6. The van der Waals surface area contributed by atoms with Crippen molar-refractivity contribution in [2.24, 2.45) is 11.8 Å². The number of ether oxygens (including phenoxy) is 1. The number of aromatic nitrogens is 2. The highest BCUT2D eigenvalue weighted by Crippen LogP contribution is 2.15. The Morgan fingerprint density at radius 2 is 1.90 bits per heavy atom. The maximum Gasteiger partial charge on any atom is 0.158 e. The van der Waals surface area contributed by atoms with E-state index in [4.69, 9.17) is 10.6 Å². The van der Waals surface area contributed by atoms with Crippen LogP contribution in [0.4, 0.5) is 11.6 Å². The Hall–Kier alpha value is -1.40. The minimum absolute atomic E-state index is 0.365. The zero-order valence-corrected chi connectivity index (χ0v) is 13.6. The van der Waals surface area contributed by atoms with Crippen molar-refractivity contribution < 1.29 is 4.74 Å². The molecular weight excluding hydrogens is 266 g/mol. The Bertz CT molecular complexity index is 411. The molecular formula is C15H29N5O. The maximum absolute atomic E-state index is 5.45. The summed E-state index contributed by atoms with van der Waals surface area (Å²) >= 11 is 0. The zero-order valence-electron chi connectivity index (χ0n) is 13.6. The van der Waals surface area contributed by atoms with Crippen molar-refractivity contribution in [1.29, 1.82) is 0 Å². The van der Waals surface area contributed by atoms with Gasteiger partial charge in [-0.2, -0.15) is 0 Å². The van der Waals surface area contributed by atoms with E-state index in [9.17, 15) is 0 Å². The predicted octanol–water partition coefficient (Wildman–Crippen LogP) is 2.93. The number of nitrogens with one attached hydrogen (secondary N) is 2. The lowest BCUT2D eigenvalue weighted by Crippen LogP contribution is -2.18. The molecule has 1 heterocycles. The Morgan fingerprint density at radius 1 is 1.19 bits per heavy atom. The number of nitrogens with two attached hydrogens (primary N) is 1. The van der Waals surface area contributed by atoms with Gasteiger partial charge in [-0.15, -0.1) is 0 Å². The second kappa shape index (κ2) is 9.52. The third kappa shape index (κ3) is 7.24. The highest BCUT2D eigenvalue weighted by atomic mass is 16.5. The third-order valence-corrected chi connectivity index (χ3v) is 3.17. The van der Waals surface area contributed by atoms with Crippen LogP contribution in [0.5, 0.6) is 0 Å². The van der Waals surface area contributed by atoms with Crippen LogP contribution in [0.3, 0.4) is 0 Å². The summed E-state index contributed by atoms with van der Waals surface area (Å²) in [5, 5.41) is 3.40. The van der Waals surface area contributed by atoms with E-state index in [2.05, 4.69) is 41.5 Å². The molecule has 1 aromatic heterocycles. The van der Waals surface area contributed by atoms with Gasteiger partial charge in [-0.25, -0.2) is 15.8 Å². The van der Waals surface area contributed by atoms with E-state index >= 15 is 0 Å². The van der Waals surface area contributed by atoms with Crippen LogP contribution in [0.1, 0.15) is 52.8 Å². The van der Waals surface area contributed by atoms with Gasteiger partial charge in [0.1, 0.15) is 18.2 Å². The third-order valence-electron chi connectivity index (χ3n) is 3.17. The normalized spacial score (nSPS) is 12.5. The second-order valence-electron chi connectivity index (χ2n) is 5.71. The van der Waals surface area contributed by atoms with Gasteiger partial charge < -0.3 is 15.5 Å². The van der Waals surface area contributed by atoms with Gasteiger partial charge in [-0.3, -0.25) is 0 Å². The van der Waals surface area contributed by atoms with Gasteiger partial charge in [-0.05, 0) is 26.2 Å². The highest BCUT2D eigenvalue weighted by Gasteiger charge is 2.08. The Morgan fingerprint density at radius 3 is 2.52 bits per heavy atom. The first-order valence-corrected chi connectivity index (χ1v) is 7.74. The molecule has 1 aromatic rings. The number of rotatable bonds is 10. The van der Waals surface area contributed by atoms with E-state index in [1.165, 1.54) is 12.8 Å². The molecule has 0 bridgehead atoms. The largest absolute Gasteiger partial charge is 0.374 e. The lowest BCUT2D eigenvalue weighted by atomic mass is 10.0. The fourth-order valence-electron chi connectivity index (χ4n) is 2.06. The first-order valence-electron chi connectivity index (χ1n) is 7.74. The molecule has 4 N–H and O–H groups in total. The van der Waals surface area contributed by atoms with Crippen LogP contribution in [0.15, 0.2) is 6.07 Å². The van der Waals surface area contributed by atoms with Gasteiger partial charge in [0.05, 0.1) is 0 Å². The van der Waals surface area contributed by atoms with Gasteiger partial charge in [0, 0.05) is 18.7 Å². The van der Waals surface area contributed by atoms with Crippen molar-refractivity contribution >= 4 is 11.6 Å². The van der Waals surface area contributed by atoms with E-state index in [0.29, 0.717) is 30.9 Å². The molecule has 6 heteroatoms. The number of nitrogen functional groups attached to an aromatic ring is 1. The van der Waals surface area contributed by atoms with E-state index in [-0.39, 0.29) is 0 Å². The van der Waals surface area contributed by atoms with Crippen molar-refractivity contribution in [3.05, 3.63) is 11.9 Å². The summed E-state index contributed by atoms with van der Waals surface area (Å²) in [5.74, 6) is 8.21. The van der Waals surface area contributed by atoms with Crippen LogP contribution < -0.4 is 16.6 Å². The summed E-state index contributed by atoms with van der Waals surface area (Å²) in [6.07, 6.45) is 3.58. The molecule has 0 radical (unpaired) electrons. The molecule has 1 rings (SSSR count). The summed E-state index contributed by atoms with van der Waals surface area (Å²) in [4.78, 5) is 8.73. The van der Waals surface area contributed by atoms with Crippen LogP contribution in [-0.4, -0.2) is 22.6 Å². The quantitative estimate of drug-likeness (QED) is 0.454. The number of anilines is 2. The highest BCUT2D eigenvalue weighted by molar-refractivity contribution is 5.47. The summed E-state index contributed by atoms with van der Waals surface area (Å²) in [7, 11) is 0. The maximum atomic E-state index is 5.45. The molecule has 0 amide bonds. The Kier molecular flexibility index (Phi) is 8.00. The summed E-state index contributed by atoms with van der Waals surface area (Å²) in [6, 6.07) is 2.18. The minimum atomic E-state index is 0.365. The number of nitrogens with zero attached hydrogens (tertiary/aromatic N) is 2. The summed E-state index contributed by atoms with van der Waals surface area (Å²) in [6.45, 7) is 9.64. The standard InChI is InChI=1S/C15H29N5O/c1-5-21-10-15-18-13(9-14(19-15)20-16)17-12(4)8-6-7-11(2)3/h9,11-12H,5-8,10,16H2,1-4H3,(H2,17,18,19,20). The Balaban J connectivity index is 2.59. The van der Waals surface area contributed by atoms with Crippen LogP contribution in [0.25, 0.3) is 0 Å². The number of hydrazine groups is 1. The SMILES string of the molecule is CCOCc1nc(NN)cc(NC(C)CCCC(C)C)n1. The van der Waals surface area contributed by atoms with E-state index in [1.54, 1.807) is 0 Å². The van der Waals surface area contributed by atoms with Crippen LogP contribution >= 0.6 is 0 Å². The van der Waals surface area contributed by atoms with Crippen molar-refractivity contribution in [3.8, 4) is 0 Å². The average molecular weight is 295 g/mol. The van der Waals surface area contributed by atoms with Gasteiger partial charge in [0.2, 0.25) is 0 Å². The van der Waals surface area contributed by atoms with Crippen LogP contribution in [-0.2, 0) is 11.3 Å². The summed E-state index contributed by atoms with van der Waals surface area (Å²) in [5.41, 5.74) is 2.57. The number of hydrogen-bond donors (Lipinski definition) is 3. The minimum Gasteiger partial charge on any atom is -0.374 e. The molecule has 0 aliphatic carbocycles. The van der Waals surface area contributed by atoms with Gasteiger partial charge >= 0.3 is 0 Å². The van der Waals surface area contributed by atoms with E-state index < -0.39 is 0 Å². The average Bonchev–Trinajstić information content (AvgIpc) is 2.44. The molecule has 21 heavy (non-hydrogen) atoms. The van der Waals surface area contributed by atoms with Crippen molar-refractivity contribution in [2.45, 2.75) is 59.6 Å². The van der Waals surface area contributed by atoms with Crippen molar-refractivity contribution in [3.63, 3.8) is 0 Å². The molecule has 0 aliphatic rings. The molecule has 0 fully saturated rings. The fraction of sp³-hybridized carbons (Fsp3) is 0.733. The lowest BCUT2D eigenvalue weighted by molar-refractivity contribution is 0.128. The first kappa shape index (κ1) is 17.7. The van der Waals surface area contributed by atoms with Crippen LogP contribution in [0, 0.1) is 5.92 Å². The first-order chi connectivity index (χ1) is 10.0. The lowest BCUT2D eigenvalue weighted by Gasteiger charge is -2.16. The molecule has 120 valence electrons. The molecule has 0 saturated heterocycles. The van der Waals surface area contributed by atoms with Gasteiger partial charge in [-0.1, -0.05) is 26.7 Å². The molecule has 6 nitrogen and oxygen atoms in total. The van der Waals surface area contributed by atoms with Gasteiger partial charge in [0.25, 0.3) is 0 Å². The van der Waals surface area contributed by atoms with Crippen molar-refractivity contribution in [1.82, 2.24) is 9.97 Å². The Labute approximate surface area is 127 Å². The second-order valence-corrected chi connectivity index (χ2v) is 5.71. The van der Waals surface area contributed by atoms with E-state index in [1.807, 2.05) is 13.0 Å². The molecule has 0 aromatic carbocycles. The van der Waals surface area contributed by atoms with Crippen LogP contribution in [0.2, 0.25) is 0 Å². The molecule has 0 aliphatic heterocycles. The topological polar surface area (TPSA) is 85.1 Å². The zero-order chi connectivity index (χ0) is 15.7. The van der Waals surface area contributed by atoms with Gasteiger partial charge in [0.15, 0.2) is 5.82 Å². The predicted molar refractivity (Wildman–Crippen MR) is 86.9 cm³/mol. The smallest absolute Gasteiger partial charge is 0.158 e. The monoisotopic (exact) mass is 295 g/mol. The molecule has 0 spiro atoms. The molecule has 1 atom stereocenters. The van der Waals surface area contributed by atoms with Crippen molar-refractivity contribution in [2.75, 3.05) is 17.3 Å². The fourth-order valence-corrected chi connectivity index (χ4v) is 2.06.